The molecule has 0 spiro atoms. The largest absolute Gasteiger partial charge is 0.516 e. The van der Waals surface area contributed by atoms with E-state index in [1.165, 1.54) is 17.0 Å². The maximum absolute atomic E-state index is 12.5. The first-order valence-corrected chi connectivity index (χ1v) is 10.3. The summed E-state index contributed by atoms with van der Waals surface area (Å²) in [6.45, 7) is 0. The van der Waals surface area contributed by atoms with Gasteiger partial charge in [0.05, 0.1) is 30.4 Å². The van der Waals surface area contributed by atoms with Crippen LogP contribution < -0.4 is 16.0 Å². The van der Waals surface area contributed by atoms with Gasteiger partial charge in [0, 0.05) is 23.0 Å². The van der Waals surface area contributed by atoms with Gasteiger partial charge in [0.25, 0.3) is 0 Å². The third kappa shape index (κ3) is 5.86. The molecule has 4 aromatic rings. The number of anilines is 3. The molecule has 0 saturated carbocycles. The second kappa shape index (κ2) is 10.3. The van der Waals surface area contributed by atoms with Crippen LogP contribution in [0.3, 0.4) is 0 Å². The molecule has 166 valence electrons. The lowest BCUT2D eigenvalue weighted by Gasteiger charge is -2.15. The van der Waals surface area contributed by atoms with Gasteiger partial charge in [-0.05, 0) is 35.9 Å². The monoisotopic (exact) mass is 461 g/mol. The molecule has 4 rings (SSSR count). The van der Waals surface area contributed by atoms with Crippen molar-refractivity contribution in [2.75, 3.05) is 10.6 Å². The summed E-state index contributed by atoms with van der Waals surface area (Å²) in [6.07, 6.45) is 7.07. The van der Waals surface area contributed by atoms with Gasteiger partial charge in [0.15, 0.2) is 5.82 Å². The quantitative estimate of drug-likeness (QED) is 0.288. The minimum Gasteiger partial charge on any atom is -0.516 e. The van der Waals surface area contributed by atoms with Crippen molar-refractivity contribution in [3.05, 3.63) is 102 Å². The average Bonchev–Trinajstić information content (AvgIpc) is 3.28. The Morgan fingerprint density at radius 2 is 1.94 bits per heavy atom. The zero-order chi connectivity index (χ0) is 23.0. The van der Waals surface area contributed by atoms with Gasteiger partial charge in [-0.25, -0.2) is 14.5 Å². The Balaban J connectivity index is 1.43. The highest BCUT2D eigenvalue weighted by Gasteiger charge is 2.14. The number of aliphatic hydroxyl groups is 1. The lowest BCUT2D eigenvalue weighted by atomic mass is 10.1. The summed E-state index contributed by atoms with van der Waals surface area (Å²) in [6, 6.07) is 17.2. The molecule has 2 amide bonds. The molecular formula is C23H20ClN7O2. The highest BCUT2D eigenvalue weighted by atomic mass is 35.5. The van der Waals surface area contributed by atoms with E-state index in [0.717, 1.165) is 17.5 Å². The third-order valence-electron chi connectivity index (χ3n) is 4.52. The van der Waals surface area contributed by atoms with Crippen LogP contribution in [-0.4, -0.2) is 30.9 Å². The van der Waals surface area contributed by atoms with Crippen LogP contribution in [0.4, 0.5) is 22.1 Å². The van der Waals surface area contributed by atoms with E-state index < -0.39 is 12.1 Å². The Morgan fingerprint density at radius 3 is 2.73 bits per heavy atom. The number of aromatic nitrogens is 4. The van der Waals surface area contributed by atoms with E-state index >= 15 is 0 Å². The lowest BCUT2D eigenvalue weighted by Crippen LogP contribution is -2.31. The summed E-state index contributed by atoms with van der Waals surface area (Å²) in [5, 5.41) is 22.6. The smallest absolute Gasteiger partial charge is 0.320 e. The molecule has 33 heavy (non-hydrogen) atoms. The maximum atomic E-state index is 12.5. The SMILES string of the molecule is O=C(Nc1cnn(-c2ccnc(Nc3ccccc3)n2)c1)NC(/C=C/O)c1cccc(Cl)c1. The number of rotatable bonds is 7. The Morgan fingerprint density at radius 1 is 1.09 bits per heavy atom. The summed E-state index contributed by atoms with van der Waals surface area (Å²) in [5.74, 6) is 0.943. The van der Waals surface area contributed by atoms with Crippen molar-refractivity contribution in [2.45, 2.75) is 6.04 Å². The van der Waals surface area contributed by atoms with E-state index in [4.69, 9.17) is 11.6 Å². The Kier molecular flexibility index (Phi) is 6.81. The summed E-state index contributed by atoms with van der Waals surface area (Å²) in [7, 11) is 0. The normalized spacial score (nSPS) is 11.8. The molecule has 0 saturated heterocycles. The molecule has 2 heterocycles. The number of aliphatic hydroxyl groups excluding tert-OH is 1. The number of benzene rings is 2. The lowest BCUT2D eigenvalue weighted by molar-refractivity contribution is 0.250. The van der Waals surface area contributed by atoms with Crippen LogP contribution in [0, 0.1) is 0 Å². The molecular weight excluding hydrogens is 442 g/mol. The molecule has 0 aliphatic rings. The fourth-order valence-corrected chi connectivity index (χ4v) is 3.24. The number of hydrogen-bond donors (Lipinski definition) is 4. The van der Waals surface area contributed by atoms with Crippen LogP contribution in [0.2, 0.25) is 5.02 Å². The number of nitrogens with one attached hydrogen (secondary N) is 3. The summed E-state index contributed by atoms with van der Waals surface area (Å²) in [5.41, 5.74) is 2.04. The van der Waals surface area contributed by atoms with Gasteiger partial charge in [-0.3, -0.25) is 0 Å². The van der Waals surface area contributed by atoms with E-state index in [1.807, 2.05) is 30.3 Å². The molecule has 1 unspecified atom stereocenters. The van der Waals surface area contributed by atoms with Crippen LogP contribution in [0.1, 0.15) is 11.6 Å². The van der Waals surface area contributed by atoms with Crippen molar-refractivity contribution < 1.29 is 9.90 Å². The number of carbonyl (C=O) groups is 1. The van der Waals surface area contributed by atoms with Crippen molar-refractivity contribution in [3.63, 3.8) is 0 Å². The number of carbonyl (C=O) groups excluding carboxylic acids is 1. The van der Waals surface area contributed by atoms with Gasteiger partial charge >= 0.3 is 6.03 Å². The highest BCUT2D eigenvalue weighted by molar-refractivity contribution is 6.30. The average molecular weight is 462 g/mol. The zero-order valence-electron chi connectivity index (χ0n) is 17.3. The van der Waals surface area contributed by atoms with E-state index in [1.54, 1.807) is 42.7 Å². The van der Waals surface area contributed by atoms with E-state index in [-0.39, 0.29) is 0 Å². The number of para-hydroxylation sites is 1. The fourth-order valence-electron chi connectivity index (χ4n) is 3.04. The zero-order valence-corrected chi connectivity index (χ0v) is 18.0. The predicted octanol–water partition coefficient (Wildman–Crippen LogP) is 4.99. The summed E-state index contributed by atoms with van der Waals surface area (Å²) < 4.78 is 1.52. The summed E-state index contributed by atoms with van der Waals surface area (Å²) in [4.78, 5) is 21.2. The molecule has 0 aliphatic carbocycles. The van der Waals surface area contributed by atoms with Gasteiger partial charge in [0.2, 0.25) is 5.95 Å². The molecule has 2 aromatic carbocycles. The van der Waals surface area contributed by atoms with Crippen molar-refractivity contribution in [2.24, 2.45) is 0 Å². The number of hydrogen-bond acceptors (Lipinski definition) is 6. The number of urea groups is 1. The Labute approximate surface area is 194 Å². The maximum Gasteiger partial charge on any atom is 0.320 e. The van der Waals surface area contributed by atoms with Gasteiger partial charge < -0.3 is 21.1 Å². The molecule has 0 bridgehead atoms. The standard InChI is InChI=1S/C23H20ClN7O2/c24-17-6-4-5-16(13-17)20(10-12-32)29-23(33)28-19-14-26-31(15-19)21-9-11-25-22(30-21)27-18-7-2-1-3-8-18/h1-15,20,32H,(H,25,27,30)(H2,28,29,33)/b12-10+. The predicted molar refractivity (Wildman–Crippen MR) is 127 cm³/mol. The highest BCUT2D eigenvalue weighted by Crippen LogP contribution is 2.19. The van der Waals surface area contributed by atoms with Gasteiger partial charge in [-0.2, -0.15) is 10.1 Å². The van der Waals surface area contributed by atoms with E-state index in [0.29, 0.717) is 22.5 Å². The van der Waals surface area contributed by atoms with Crippen LogP contribution >= 0.6 is 11.6 Å². The topological polar surface area (TPSA) is 117 Å². The molecule has 0 fully saturated rings. The first-order valence-electron chi connectivity index (χ1n) is 9.95. The van der Waals surface area contributed by atoms with E-state index in [2.05, 4.69) is 31.0 Å². The third-order valence-corrected chi connectivity index (χ3v) is 4.75. The van der Waals surface area contributed by atoms with Crippen molar-refractivity contribution in [1.82, 2.24) is 25.1 Å². The van der Waals surface area contributed by atoms with E-state index in [9.17, 15) is 9.90 Å². The van der Waals surface area contributed by atoms with Crippen LogP contribution in [0.15, 0.2) is 91.6 Å². The van der Waals surface area contributed by atoms with Gasteiger partial charge in [0.1, 0.15) is 0 Å². The van der Waals surface area contributed by atoms with Crippen LogP contribution in [0.5, 0.6) is 0 Å². The minimum atomic E-state index is -0.572. The first-order chi connectivity index (χ1) is 16.1. The molecule has 0 aliphatic heterocycles. The molecule has 10 heteroatoms. The Hall–Kier alpha value is -4.37. The second-order valence-electron chi connectivity index (χ2n) is 6.88. The minimum absolute atomic E-state index is 0.418. The van der Waals surface area contributed by atoms with Crippen molar-refractivity contribution in [1.29, 1.82) is 0 Å². The molecule has 1 atom stereocenters. The fraction of sp³-hybridized carbons (Fsp3) is 0.0435. The first kappa shape index (κ1) is 21.8. The van der Waals surface area contributed by atoms with Crippen molar-refractivity contribution >= 4 is 35.0 Å². The molecule has 0 radical (unpaired) electrons. The van der Waals surface area contributed by atoms with Crippen LogP contribution in [-0.2, 0) is 0 Å². The number of nitrogens with zero attached hydrogens (tertiary/aromatic N) is 4. The van der Waals surface area contributed by atoms with Crippen LogP contribution in [0.25, 0.3) is 5.82 Å². The summed E-state index contributed by atoms with van der Waals surface area (Å²) >= 11 is 6.03. The molecule has 4 N–H and O–H groups in total. The molecule has 9 nitrogen and oxygen atoms in total. The van der Waals surface area contributed by atoms with Gasteiger partial charge in [-0.1, -0.05) is 41.9 Å². The van der Waals surface area contributed by atoms with Gasteiger partial charge in [-0.15, -0.1) is 0 Å². The molecule has 2 aromatic heterocycles. The van der Waals surface area contributed by atoms with Crippen molar-refractivity contribution in [3.8, 4) is 5.82 Å². The number of halogens is 1. The second-order valence-corrected chi connectivity index (χ2v) is 7.31. The number of amides is 2. The Bertz CT molecular complexity index is 1260.